The number of amides is 2. The van der Waals surface area contributed by atoms with Crippen LogP contribution in [-0.2, 0) is 4.79 Å². The zero-order chi connectivity index (χ0) is 20.6. The van der Waals surface area contributed by atoms with Crippen molar-refractivity contribution in [2.75, 3.05) is 26.7 Å². The number of halogens is 2. The number of carbonyl (C=O) groups excluding carboxylic acids is 2. The SMILES string of the molecule is COc1ccc(-c2cncc(C(=O)N3CCCCC3CNC(=O)CCN)c2)cc1.Cl.Cl. The third-order valence-corrected chi connectivity index (χ3v) is 5.20. The summed E-state index contributed by atoms with van der Waals surface area (Å²) in [4.78, 5) is 31.1. The third kappa shape index (κ3) is 7.09. The summed E-state index contributed by atoms with van der Waals surface area (Å²) in [5.74, 6) is 0.654. The van der Waals surface area contributed by atoms with Gasteiger partial charge in [0.25, 0.3) is 5.91 Å². The van der Waals surface area contributed by atoms with Crippen molar-refractivity contribution in [3.05, 3.63) is 48.3 Å². The highest BCUT2D eigenvalue weighted by atomic mass is 35.5. The summed E-state index contributed by atoms with van der Waals surface area (Å²) < 4.78 is 5.20. The number of pyridine rings is 1. The van der Waals surface area contributed by atoms with Crippen molar-refractivity contribution in [2.24, 2.45) is 5.73 Å². The van der Waals surface area contributed by atoms with Crippen LogP contribution in [-0.4, -0.2) is 54.5 Å². The fraction of sp³-hybridized carbons (Fsp3) is 0.409. The number of carbonyl (C=O) groups is 2. The lowest BCUT2D eigenvalue weighted by atomic mass is 10.00. The second kappa shape index (κ2) is 13.1. The van der Waals surface area contributed by atoms with E-state index in [-0.39, 0.29) is 42.7 Å². The summed E-state index contributed by atoms with van der Waals surface area (Å²) in [7, 11) is 1.63. The minimum atomic E-state index is -0.0753. The summed E-state index contributed by atoms with van der Waals surface area (Å²) in [6.07, 6.45) is 6.54. The first-order valence-electron chi connectivity index (χ1n) is 9.99. The average molecular weight is 469 g/mol. The molecule has 9 heteroatoms. The molecule has 1 aromatic heterocycles. The minimum Gasteiger partial charge on any atom is -0.497 e. The number of hydrogen-bond donors (Lipinski definition) is 2. The summed E-state index contributed by atoms with van der Waals surface area (Å²) in [6, 6.07) is 9.52. The quantitative estimate of drug-likeness (QED) is 0.650. The summed E-state index contributed by atoms with van der Waals surface area (Å²) in [5, 5.41) is 2.90. The maximum absolute atomic E-state index is 13.2. The van der Waals surface area contributed by atoms with Gasteiger partial charge in [-0.2, -0.15) is 0 Å². The molecule has 0 spiro atoms. The average Bonchev–Trinajstić information content (AvgIpc) is 2.78. The molecule has 3 N–H and O–H groups in total. The maximum atomic E-state index is 13.2. The molecule has 2 heterocycles. The van der Waals surface area contributed by atoms with E-state index in [1.165, 1.54) is 0 Å². The first-order chi connectivity index (χ1) is 14.1. The third-order valence-electron chi connectivity index (χ3n) is 5.20. The number of benzene rings is 1. The monoisotopic (exact) mass is 468 g/mol. The van der Waals surface area contributed by atoms with Gasteiger partial charge in [-0.15, -0.1) is 24.8 Å². The van der Waals surface area contributed by atoms with Crippen molar-refractivity contribution in [1.29, 1.82) is 0 Å². The molecule has 170 valence electrons. The molecular formula is C22H30Cl2N4O3. The highest BCUT2D eigenvalue weighted by molar-refractivity contribution is 5.95. The van der Waals surface area contributed by atoms with Gasteiger partial charge in [-0.1, -0.05) is 12.1 Å². The predicted octanol–water partition coefficient (Wildman–Crippen LogP) is 3.06. The van der Waals surface area contributed by atoms with Crippen molar-refractivity contribution in [2.45, 2.75) is 31.7 Å². The molecule has 1 aliphatic heterocycles. The van der Waals surface area contributed by atoms with Crippen LogP contribution < -0.4 is 15.8 Å². The highest BCUT2D eigenvalue weighted by Crippen LogP contribution is 2.24. The van der Waals surface area contributed by atoms with Gasteiger partial charge in [-0.25, -0.2) is 0 Å². The second-order valence-corrected chi connectivity index (χ2v) is 7.18. The molecule has 2 aromatic rings. The van der Waals surface area contributed by atoms with Crippen LogP contribution in [0.25, 0.3) is 11.1 Å². The number of ether oxygens (including phenoxy) is 1. The normalized spacial score (nSPS) is 15.3. The Kier molecular flexibility index (Phi) is 11.3. The van der Waals surface area contributed by atoms with E-state index in [9.17, 15) is 9.59 Å². The Labute approximate surface area is 195 Å². The topological polar surface area (TPSA) is 97.5 Å². The smallest absolute Gasteiger partial charge is 0.255 e. The van der Waals surface area contributed by atoms with Crippen LogP contribution in [0.2, 0.25) is 0 Å². The molecule has 2 amide bonds. The molecule has 1 aromatic carbocycles. The van der Waals surface area contributed by atoms with Crippen LogP contribution in [0.15, 0.2) is 42.7 Å². The molecule has 0 aliphatic carbocycles. The minimum absolute atomic E-state index is 0. The first kappa shape index (κ1) is 26.7. The predicted molar refractivity (Wildman–Crippen MR) is 126 cm³/mol. The van der Waals surface area contributed by atoms with Crippen molar-refractivity contribution in [1.82, 2.24) is 15.2 Å². The Bertz CT molecular complexity index is 849. The van der Waals surface area contributed by atoms with E-state index >= 15 is 0 Å². The van der Waals surface area contributed by atoms with Gasteiger partial charge in [-0.05, 0) is 43.0 Å². The number of hydrogen-bond acceptors (Lipinski definition) is 5. The van der Waals surface area contributed by atoms with Gasteiger partial charge in [-0.3, -0.25) is 14.6 Å². The number of nitrogens with one attached hydrogen (secondary N) is 1. The zero-order valence-electron chi connectivity index (χ0n) is 17.6. The number of nitrogens with zero attached hydrogens (tertiary/aromatic N) is 2. The van der Waals surface area contributed by atoms with Crippen molar-refractivity contribution in [3.8, 4) is 16.9 Å². The lowest BCUT2D eigenvalue weighted by molar-refractivity contribution is -0.121. The second-order valence-electron chi connectivity index (χ2n) is 7.18. The van der Waals surface area contributed by atoms with Gasteiger partial charge in [0, 0.05) is 50.1 Å². The highest BCUT2D eigenvalue weighted by Gasteiger charge is 2.28. The Morgan fingerprint density at radius 3 is 2.58 bits per heavy atom. The molecule has 1 fully saturated rings. The van der Waals surface area contributed by atoms with E-state index in [0.717, 1.165) is 36.1 Å². The van der Waals surface area contributed by atoms with Crippen molar-refractivity contribution in [3.63, 3.8) is 0 Å². The largest absolute Gasteiger partial charge is 0.497 e. The van der Waals surface area contributed by atoms with E-state index < -0.39 is 0 Å². The molecular weight excluding hydrogens is 439 g/mol. The lowest BCUT2D eigenvalue weighted by Crippen LogP contribution is -2.49. The van der Waals surface area contributed by atoms with Gasteiger partial charge in [0.05, 0.1) is 12.7 Å². The van der Waals surface area contributed by atoms with Crippen LogP contribution in [0, 0.1) is 0 Å². The zero-order valence-corrected chi connectivity index (χ0v) is 19.2. The number of methoxy groups -OCH3 is 1. The Morgan fingerprint density at radius 2 is 1.90 bits per heavy atom. The molecule has 0 bridgehead atoms. The van der Waals surface area contributed by atoms with Crippen LogP contribution >= 0.6 is 24.8 Å². The Morgan fingerprint density at radius 1 is 1.16 bits per heavy atom. The van der Waals surface area contributed by atoms with Crippen molar-refractivity contribution >= 4 is 36.6 Å². The van der Waals surface area contributed by atoms with Crippen LogP contribution in [0.4, 0.5) is 0 Å². The number of piperidine rings is 1. The summed E-state index contributed by atoms with van der Waals surface area (Å²) in [6.45, 7) is 1.46. The molecule has 0 radical (unpaired) electrons. The van der Waals surface area contributed by atoms with Gasteiger partial charge in [0.15, 0.2) is 0 Å². The fourth-order valence-electron chi connectivity index (χ4n) is 3.60. The Balaban J connectivity index is 0.00000240. The number of nitrogens with two attached hydrogens (primary N) is 1. The first-order valence-corrected chi connectivity index (χ1v) is 9.99. The van der Waals surface area contributed by atoms with E-state index in [4.69, 9.17) is 10.5 Å². The molecule has 3 rings (SSSR count). The van der Waals surface area contributed by atoms with Gasteiger partial charge < -0.3 is 20.7 Å². The van der Waals surface area contributed by atoms with Gasteiger partial charge >= 0.3 is 0 Å². The van der Waals surface area contributed by atoms with Crippen LogP contribution in [0.3, 0.4) is 0 Å². The van der Waals surface area contributed by atoms with Gasteiger partial charge in [0.2, 0.25) is 5.91 Å². The lowest BCUT2D eigenvalue weighted by Gasteiger charge is -2.36. The molecule has 1 unspecified atom stereocenters. The van der Waals surface area contributed by atoms with E-state index in [1.54, 1.807) is 19.5 Å². The molecule has 1 atom stereocenters. The standard InChI is InChI=1S/C22H28N4O3.2ClH/c1-29-20-7-5-16(6-8-20)17-12-18(14-24-13-17)22(28)26-11-3-2-4-19(26)15-25-21(27)9-10-23;;/h5-8,12-14,19H,2-4,9-11,15,23H2,1H3,(H,25,27);2*1H. The fourth-order valence-corrected chi connectivity index (χ4v) is 3.60. The molecule has 31 heavy (non-hydrogen) atoms. The van der Waals surface area contributed by atoms with Crippen LogP contribution in [0.1, 0.15) is 36.0 Å². The number of rotatable bonds is 7. The number of aromatic nitrogens is 1. The van der Waals surface area contributed by atoms with Gasteiger partial charge in [0.1, 0.15) is 5.75 Å². The van der Waals surface area contributed by atoms with Crippen LogP contribution in [0.5, 0.6) is 5.75 Å². The Hall–Kier alpha value is -2.35. The molecule has 1 aliphatic rings. The summed E-state index contributed by atoms with van der Waals surface area (Å²) in [5.41, 5.74) is 7.83. The van der Waals surface area contributed by atoms with E-state index in [2.05, 4.69) is 10.3 Å². The summed E-state index contributed by atoms with van der Waals surface area (Å²) >= 11 is 0. The maximum Gasteiger partial charge on any atom is 0.255 e. The molecule has 0 saturated carbocycles. The molecule has 1 saturated heterocycles. The van der Waals surface area contributed by atoms with E-state index in [0.29, 0.717) is 31.6 Å². The number of likely N-dealkylation sites (tertiary alicyclic amines) is 1. The molecule has 7 nitrogen and oxygen atoms in total. The van der Waals surface area contributed by atoms with Crippen molar-refractivity contribution < 1.29 is 14.3 Å². The van der Waals surface area contributed by atoms with E-state index in [1.807, 2.05) is 35.2 Å².